The monoisotopic (exact) mass is 355 g/mol. The maximum absolute atomic E-state index is 5.81. The molecule has 0 saturated heterocycles. The molecule has 3 aromatic rings. The average Bonchev–Trinajstić information content (AvgIpc) is 3.19. The van der Waals surface area contributed by atoms with E-state index in [0.717, 1.165) is 42.3 Å². The molecule has 3 heterocycles. The number of rotatable bonds is 5. The summed E-state index contributed by atoms with van der Waals surface area (Å²) in [5.74, 6) is 1.62. The summed E-state index contributed by atoms with van der Waals surface area (Å²) in [6, 6.07) is 8.21. The van der Waals surface area contributed by atoms with Crippen molar-refractivity contribution in [3.63, 3.8) is 0 Å². The van der Waals surface area contributed by atoms with Crippen molar-refractivity contribution in [3.8, 4) is 22.8 Å². The molecule has 4 rings (SSSR count). The minimum absolute atomic E-state index is 0.688. The van der Waals surface area contributed by atoms with Crippen molar-refractivity contribution in [1.82, 2.24) is 15.1 Å². The fraction of sp³-hybridized carbons (Fsp3) is 0.316. The molecule has 25 heavy (non-hydrogen) atoms. The topological polar surface area (TPSA) is 48.3 Å². The lowest BCUT2D eigenvalue weighted by atomic mass is 10.1. The summed E-state index contributed by atoms with van der Waals surface area (Å²) in [7, 11) is 1.95. The quantitative estimate of drug-likeness (QED) is 0.760. The van der Waals surface area contributed by atoms with Crippen LogP contribution >= 0.6 is 11.3 Å². The number of fused-ring (bicyclic) bond motifs is 1. The molecular formula is C19H21N3O2S. The van der Waals surface area contributed by atoms with Crippen molar-refractivity contribution in [2.45, 2.75) is 19.5 Å². The Morgan fingerprint density at radius 1 is 1.16 bits per heavy atom. The predicted octanol–water partition coefficient (Wildman–Crippen LogP) is 3.60. The van der Waals surface area contributed by atoms with Gasteiger partial charge in [0.15, 0.2) is 11.5 Å². The summed E-state index contributed by atoms with van der Waals surface area (Å²) in [6.45, 7) is 3.02. The van der Waals surface area contributed by atoms with Gasteiger partial charge in [-0.25, -0.2) is 0 Å². The summed E-state index contributed by atoms with van der Waals surface area (Å²) in [5, 5.41) is 12.4. The first-order chi connectivity index (χ1) is 12.3. The Labute approximate surface area is 151 Å². The van der Waals surface area contributed by atoms with Gasteiger partial charge in [-0.2, -0.15) is 16.4 Å². The molecule has 1 N–H and O–H groups in total. The molecule has 2 aromatic heterocycles. The average molecular weight is 355 g/mol. The number of benzene rings is 1. The first kappa shape index (κ1) is 16.2. The van der Waals surface area contributed by atoms with Crippen LogP contribution in [0, 0.1) is 0 Å². The van der Waals surface area contributed by atoms with Crippen molar-refractivity contribution >= 4 is 11.3 Å². The molecule has 6 heteroatoms. The van der Waals surface area contributed by atoms with Gasteiger partial charge >= 0.3 is 0 Å². The molecule has 0 spiro atoms. The fourth-order valence-electron chi connectivity index (χ4n) is 2.96. The Morgan fingerprint density at radius 2 is 2.04 bits per heavy atom. The number of ether oxygens (including phenoxy) is 2. The summed E-state index contributed by atoms with van der Waals surface area (Å²) in [5.41, 5.74) is 4.52. The lowest BCUT2D eigenvalue weighted by Gasteiger charge is -2.09. The van der Waals surface area contributed by atoms with Crippen LogP contribution in [0.4, 0.5) is 0 Å². The van der Waals surface area contributed by atoms with Crippen molar-refractivity contribution < 1.29 is 9.47 Å². The predicted molar refractivity (Wildman–Crippen MR) is 99.1 cm³/mol. The van der Waals surface area contributed by atoms with Gasteiger partial charge in [0, 0.05) is 43.9 Å². The first-order valence-electron chi connectivity index (χ1n) is 8.44. The lowest BCUT2D eigenvalue weighted by Crippen LogP contribution is -2.12. The fourth-order valence-corrected chi connectivity index (χ4v) is 3.62. The number of thiophene rings is 1. The summed E-state index contributed by atoms with van der Waals surface area (Å²) in [4.78, 5) is 0. The molecule has 0 bridgehead atoms. The van der Waals surface area contributed by atoms with Gasteiger partial charge in [0.2, 0.25) is 0 Å². The van der Waals surface area contributed by atoms with Crippen LogP contribution in [-0.2, 0) is 20.1 Å². The summed E-state index contributed by atoms with van der Waals surface area (Å²) in [6.07, 6.45) is 2.98. The van der Waals surface area contributed by atoms with E-state index in [4.69, 9.17) is 9.47 Å². The van der Waals surface area contributed by atoms with E-state index in [1.54, 1.807) is 11.3 Å². The molecule has 130 valence electrons. The lowest BCUT2D eigenvalue weighted by molar-refractivity contribution is 0.297. The highest BCUT2D eigenvalue weighted by molar-refractivity contribution is 7.07. The second kappa shape index (κ2) is 7.29. The van der Waals surface area contributed by atoms with Crippen LogP contribution in [-0.4, -0.2) is 23.0 Å². The Balaban J connectivity index is 1.54. The van der Waals surface area contributed by atoms with Crippen LogP contribution in [0.15, 0.2) is 41.2 Å². The van der Waals surface area contributed by atoms with E-state index in [0.29, 0.717) is 13.2 Å². The number of nitrogens with one attached hydrogen (secondary N) is 1. The van der Waals surface area contributed by atoms with Crippen molar-refractivity contribution in [3.05, 3.63) is 52.3 Å². The van der Waals surface area contributed by atoms with Crippen LogP contribution in [0.1, 0.15) is 17.5 Å². The van der Waals surface area contributed by atoms with Crippen LogP contribution in [0.3, 0.4) is 0 Å². The molecule has 1 aliphatic rings. The smallest absolute Gasteiger partial charge is 0.161 e. The Hall–Kier alpha value is -2.31. The zero-order chi connectivity index (χ0) is 17.1. The molecule has 0 radical (unpaired) electrons. The third-order valence-corrected chi connectivity index (χ3v) is 4.88. The van der Waals surface area contributed by atoms with Crippen LogP contribution in [0.5, 0.6) is 11.5 Å². The number of aryl methyl sites for hydroxylation is 1. The third-order valence-electron chi connectivity index (χ3n) is 4.15. The van der Waals surface area contributed by atoms with E-state index in [1.807, 2.05) is 23.9 Å². The molecule has 5 nitrogen and oxygen atoms in total. The molecule has 0 unspecified atom stereocenters. The van der Waals surface area contributed by atoms with Gasteiger partial charge in [-0.05, 0) is 40.6 Å². The Morgan fingerprint density at radius 3 is 2.88 bits per heavy atom. The van der Waals surface area contributed by atoms with Gasteiger partial charge < -0.3 is 14.8 Å². The number of hydrogen-bond donors (Lipinski definition) is 1. The van der Waals surface area contributed by atoms with E-state index >= 15 is 0 Å². The number of hydrogen-bond acceptors (Lipinski definition) is 5. The van der Waals surface area contributed by atoms with Crippen LogP contribution < -0.4 is 14.8 Å². The third kappa shape index (κ3) is 3.70. The van der Waals surface area contributed by atoms with Crippen molar-refractivity contribution in [2.24, 2.45) is 7.05 Å². The minimum Gasteiger partial charge on any atom is -0.490 e. The zero-order valence-corrected chi connectivity index (χ0v) is 15.0. The first-order valence-corrected chi connectivity index (χ1v) is 9.38. The molecule has 0 atom stereocenters. The van der Waals surface area contributed by atoms with Gasteiger partial charge in [0.25, 0.3) is 0 Å². The highest BCUT2D eigenvalue weighted by atomic mass is 32.1. The summed E-state index contributed by atoms with van der Waals surface area (Å²) < 4.78 is 13.4. The Kier molecular flexibility index (Phi) is 4.72. The molecule has 1 aromatic carbocycles. The number of aromatic nitrogens is 2. The van der Waals surface area contributed by atoms with Gasteiger partial charge in [0.05, 0.1) is 18.9 Å². The standard InChI is InChI=1S/C19H21N3O2S/c1-22-12-16(11-20-10-14-5-8-25-13-14)19(21-22)15-3-4-17-18(9-15)24-7-2-6-23-17/h3-5,8-9,12-13,20H,2,6-7,10-11H2,1H3. The van der Waals surface area contributed by atoms with Gasteiger partial charge in [-0.1, -0.05) is 0 Å². The SMILES string of the molecule is Cn1cc(CNCc2ccsc2)c(-c2ccc3c(c2)OCCCO3)n1. The molecule has 0 saturated carbocycles. The normalized spacial score (nSPS) is 13.6. The Bertz CT molecular complexity index is 842. The zero-order valence-electron chi connectivity index (χ0n) is 14.2. The van der Waals surface area contributed by atoms with Crippen LogP contribution in [0.2, 0.25) is 0 Å². The van der Waals surface area contributed by atoms with Gasteiger partial charge in [0.1, 0.15) is 0 Å². The van der Waals surface area contributed by atoms with Gasteiger partial charge in [-0.3, -0.25) is 4.68 Å². The van der Waals surface area contributed by atoms with Crippen molar-refractivity contribution in [2.75, 3.05) is 13.2 Å². The highest BCUT2D eigenvalue weighted by Gasteiger charge is 2.15. The van der Waals surface area contributed by atoms with E-state index in [2.05, 4.69) is 39.5 Å². The second-order valence-corrected chi connectivity index (χ2v) is 6.90. The second-order valence-electron chi connectivity index (χ2n) is 6.12. The molecular weight excluding hydrogens is 334 g/mol. The van der Waals surface area contributed by atoms with E-state index < -0.39 is 0 Å². The van der Waals surface area contributed by atoms with Crippen LogP contribution in [0.25, 0.3) is 11.3 Å². The summed E-state index contributed by atoms with van der Waals surface area (Å²) >= 11 is 1.72. The minimum atomic E-state index is 0.688. The maximum Gasteiger partial charge on any atom is 0.161 e. The van der Waals surface area contributed by atoms with Crippen molar-refractivity contribution in [1.29, 1.82) is 0 Å². The van der Waals surface area contributed by atoms with Gasteiger partial charge in [-0.15, -0.1) is 0 Å². The highest BCUT2D eigenvalue weighted by Crippen LogP contribution is 2.34. The maximum atomic E-state index is 5.81. The van der Waals surface area contributed by atoms with E-state index in [1.165, 1.54) is 11.1 Å². The molecule has 1 aliphatic heterocycles. The molecule has 0 aliphatic carbocycles. The van der Waals surface area contributed by atoms with E-state index in [9.17, 15) is 0 Å². The van der Waals surface area contributed by atoms with E-state index in [-0.39, 0.29) is 0 Å². The number of nitrogens with zero attached hydrogens (tertiary/aromatic N) is 2. The largest absolute Gasteiger partial charge is 0.490 e. The molecule has 0 amide bonds. The molecule has 0 fully saturated rings.